The molecule has 1 heterocycles. The molecule has 0 spiro atoms. The molecule has 3 aromatic rings. The van der Waals surface area contributed by atoms with Crippen molar-refractivity contribution in [3.8, 4) is 28.6 Å². The van der Waals surface area contributed by atoms with Crippen LogP contribution < -0.4 is 14.2 Å². The van der Waals surface area contributed by atoms with E-state index in [0.29, 0.717) is 39.0 Å². The summed E-state index contributed by atoms with van der Waals surface area (Å²) in [4.78, 5) is 4.30. The zero-order valence-corrected chi connectivity index (χ0v) is 15.0. The summed E-state index contributed by atoms with van der Waals surface area (Å²) in [6.45, 7) is 0.0698. The van der Waals surface area contributed by atoms with E-state index in [1.165, 1.54) is 0 Å². The van der Waals surface area contributed by atoms with E-state index >= 15 is 0 Å². The number of methoxy groups -OCH3 is 2. The second-order valence-electron chi connectivity index (χ2n) is 4.94. The Labute approximate surface area is 154 Å². The van der Waals surface area contributed by atoms with Gasteiger partial charge >= 0.3 is 0 Å². The minimum atomic E-state index is 0.0698. The van der Waals surface area contributed by atoms with Crippen LogP contribution in [0.25, 0.3) is 11.4 Å². The summed E-state index contributed by atoms with van der Waals surface area (Å²) >= 11 is 12.0. The molecule has 6 nitrogen and oxygen atoms in total. The van der Waals surface area contributed by atoms with Crippen molar-refractivity contribution in [2.45, 2.75) is 6.61 Å². The van der Waals surface area contributed by atoms with Crippen molar-refractivity contribution in [3.05, 3.63) is 52.3 Å². The molecule has 0 aliphatic carbocycles. The highest BCUT2D eigenvalue weighted by Gasteiger charge is 2.13. The molecule has 25 heavy (non-hydrogen) atoms. The van der Waals surface area contributed by atoms with Crippen LogP contribution in [0.1, 0.15) is 5.89 Å². The van der Waals surface area contributed by atoms with Crippen LogP contribution in [0.4, 0.5) is 0 Å². The Morgan fingerprint density at radius 2 is 1.76 bits per heavy atom. The van der Waals surface area contributed by atoms with E-state index in [1.807, 2.05) is 6.07 Å². The first-order valence-electron chi connectivity index (χ1n) is 7.23. The number of ether oxygens (including phenoxy) is 3. The van der Waals surface area contributed by atoms with Gasteiger partial charge in [0.15, 0.2) is 18.1 Å². The molecule has 0 amide bonds. The largest absolute Gasteiger partial charge is 0.493 e. The normalized spacial score (nSPS) is 10.6. The van der Waals surface area contributed by atoms with Gasteiger partial charge < -0.3 is 18.7 Å². The first kappa shape index (κ1) is 17.4. The third-order valence-electron chi connectivity index (χ3n) is 3.35. The lowest BCUT2D eigenvalue weighted by Gasteiger charge is -2.07. The highest BCUT2D eigenvalue weighted by atomic mass is 35.5. The van der Waals surface area contributed by atoms with Crippen molar-refractivity contribution in [3.63, 3.8) is 0 Å². The number of halogens is 2. The monoisotopic (exact) mass is 380 g/mol. The lowest BCUT2D eigenvalue weighted by Crippen LogP contribution is -1.96. The molecular formula is C17H14Cl2N2O4. The maximum Gasteiger partial charge on any atom is 0.264 e. The zero-order valence-electron chi connectivity index (χ0n) is 13.5. The van der Waals surface area contributed by atoms with Crippen LogP contribution in [0, 0.1) is 0 Å². The van der Waals surface area contributed by atoms with Crippen molar-refractivity contribution < 1.29 is 18.7 Å². The van der Waals surface area contributed by atoms with E-state index in [2.05, 4.69) is 10.1 Å². The molecule has 1 aromatic heterocycles. The van der Waals surface area contributed by atoms with Gasteiger partial charge in [-0.15, -0.1) is 0 Å². The Hall–Kier alpha value is -2.44. The smallest absolute Gasteiger partial charge is 0.264 e. The van der Waals surface area contributed by atoms with E-state index in [-0.39, 0.29) is 6.61 Å². The summed E-state index contributed by atoms with van der Waals surface area (Å²) < 4.78 is 21.3. The van der Waals surface area contributed by atoms with Gasteiger partial charge in [0.25, 0.3) is 5.89 Å². The Morgan fingerprint density at radius 3 is 2.52 bits per heavy atom. The number of rotatable bonds is 6. The predicted molar refractivity (Wildman–Crippen MR) is 93.6 cm³/mol. The second-order valence-corrected chi connectivity index (χ2v) is 5.79. The van der Waals surface area contributed by atoms with Gasteiger partial charge in [0.05, 0.1) is 19.2 Å². The molecule has 0 aliphatic rings. The fraction of sp³-hybridized carbons (Fsp3) is 0.176. The third kappa shape index (κ3) is 3.97. The lowest BCUT2D eigenvalue weighted by molar-refractivity contribution is 0.243. The molecule has 0 atom stereocenters. The summed E-state index contributed by atoms with van der Waals surface area (Å²) in [5.41, 5.74) is 0.730. The molecule has 0 unspecified atom stereocenters. The average molecular weight is 381 g/mol. The standard InChI is InChI=1S/C17H14Cl2N2O4/c1-22-13-6-3-10(7-15(13)23-2)17-20-16(25-21-17)9-24-14-8-11(18)4-5-12(14)19/h3-8H,9H2,1-2H3. The van der Waals surface area contributed by atoms with E-state index < -0.39 is 0 Å². The van der Waals surface area contributed by atoms with Crippen LogP contribution in [0.5, 0.6) is 17.2 Å². The highest BCUT2D eigenvalue weighted by Crippen LogP contribution is 2.31. The van der Waals surface area contributed by atoms with Crippen LogP contribution in [0.3, 0.4) is 0 Å². The summed E-state index contributed by atoms with van der Waals surface area (Å²) in [7, 11) is 3.13. The first-order chi connectivity index (χ1) is 12.1. The van der Waals surface area contributed by atoms with Crippen molar-refractivity contribution in [1.29, 1.82) is 0 Å². The van der Waals surface area contributed by atoms with Gasteiger partial charge in [0, 0.05) is 16.7 Å². The van der Waals surface area contributed by atoms with Crippen LogP contribution >= 0.6 is 23.2 Å². The molecule has 8 heteroatoms. The lowest BCUT2D eigenvalue weighted by atomic mass is 10.2. The number of benzene rings is 2. The zero-order chi connectivity index (χ0) is 17.8. The van der Waals surface area contributed by atoms with Crippen LogP contribution in [-0.4, -0.2) is 24.4 Å². The quantitative estimate of drug-likeness (QED) is 0.620. The van der Waals surface area contributed by atoms with Gasteiger partial charge in [-0.25, -0.2) is 0 Å². The predicted octanol–water partition coefficient (Wildman–Crippen LogP) is 4.64. The Balaban J connectivity index is 1.75. The Kier molecular flexibility index (Phi) is 5.31. The Bertz CT molecular complexity index is 883. The van der Waals surface area contributed by atoms with Crippen molar-refractivity contribution in [2.75, 3.05) is 14.2 Å². The third-order valence-corrected chi connectivity index (χ3v) is 3.90. The van der Waals surface area contributed by atoms with Gasteiger partial charge in [-0.05, 0) is 30.3 Å². The maximum atomic E-state index is 6.05. The maximum absolute atomic E-state index is 6.05. The summed E-state index contributed by atoms with van der Waals surface area (Å²) in [5.74, 6) is 2.36. The molecule has 0 aliphatic heterocycles. The SMILES string of the molecule is COc1ccc(-c2noc(COc3cc(Cl)ccc3Cl)n2)cc1OC. The fourth-order valence-corrected chi connectivity index (χ4v) is 2.47. The van der Waals surface area contributed by atoms with E-state index in [4.69, 9.17) is 41.9 Å². The Morgan fingerprint density at radius 1 is 0.960 bits per heavy atom. The number of hydrogen-bond donors (Lipinski definition) is 0. The molecule has 0 N–H and O–H groups in total. The molecule has 3 rings (SSSR count). The molecule has 0 radical (unpaired) electrons. The first-order valence-corrected chi connectivity index (χ1v) is 7.99. The average Bonchev–Trinajstić information content (AvgIpc) is 3.11. The molecule has 0 saturated heterocycles. The van der Waals surface area contributed by atoms with Crippen LogP contribution in [-0.2, 0) is 6.61 Å². The second kappa shape index (κ2) is 7.63. The summed E-state index contributed by atoms with van der Waals surface area (Å²) in [6, 6.07) is 10.3. The highest BCUT2D eigenvalue weighted by molar-refractivity contribution is 6.34. The molecule has 2 aromatic carbocycles. The fourth-order valence-electron chi connectivity index (χ4n) is 2.13. The van der Waals surface area contributed by atoms with Gasteiger partial charge in [0.2, 0.25) is 5.82 Å². The molecule has 0 bridgehead atoms. The van der Waals surface area contributed by atoms with E-state index in [1.54, 1.807) is 44.6 Å². The minimum absolute atomic E-state index is 0.0698. The topological polar surface area (TPSA) is 66.6 Å². The van der Waals surface area contributed by atoms with Gasteiger partial charge in [-0.3, -0.25) is 0 Å². The number of hydrogen-bond acceptors (Lipinski definition) is 6. The van der Waals surface area contributed by atoms with Crippen molar-refractivity contribution in [2.24, 2.45) is 0 Å². The molecule has 0 saturated carbocycles. The van der Waals surface area contributed by atoms with Gasteiger partial charge in [0.1, 0.15) is 5.75 Å². The van der Waals surface area contributed by atoms with Crippen LogP contribution in [0.15, 0.2) is 40.9 Å². The molecule has 0 fully saturated rings. The number of aromatic nitrogens is 2. The van der Waals surface area contributed by atoms with Crippen LogP contribution in [0.2, 0.25) is 10.0 Å². The number of nitrogens with zero attached hydrogens (tertiary/aromatic N) is 2. The van der Waals surface area contributed by atoms with Crippen molar-refractivity contribution in [1.82, 2.24) is 10.1 Å². The van der Waals surface area contributed by atoms with Gasteiger partial charge in [-0.1, -0.05) is 28.4 Å². The molecule has 130 valence electrons. The van der Waals surface area contributed by atoms with Crippen molar-refractivity contribution >= 4 is 23.2 Å². The van der Waals surface area contributed by atoms with E-state index in [9.17, 15) is 0 Å². The summed E-state index contributed by atoms with van der Waals surface area (Å²) in [5, 5.41) is 4.92. The minimum Gasteiger partial charge on any atom is -0.493 e. The summed E-state index contributed by atoms with van der Waals surface area (Å²) in [6.07, 6.45) is 0. The molecular weight excluding hydrogens is 367 g/mol. The van der Waals surface area contributed by atoms with E-state index in [0.717, 1.165) is 5.56 Å². The van der Waals surface area contributed by atoms with Gasteiger partial charge in [-0.2, -0.15) is 4.98 Å².